The molecule has 206 valence electrons. The number of nitrogens with one attached hydrogen (secondary N) is 4. The van der Waals surface area contributed by atoms with E-state index in [2.05, 4.69) is 21.3 Å². The van der Waals surface area contributed by atoms with Gasteiger partial charge in [-0.3, -0.25) is 19.2 Å². The van der Waals surface area contributed by atoms with Crippen molar-refractivity contribution in [2.45, 2.75) is 96.5 Å². The number of carboxylic acid groups (broad SMARTS) is 2. The van der Waals surface area contributed by atoms with Crippen LogP contribution in [0.2, 0.25) is 0 Å². The lowest BCUT2D eigenvalue weighted by atomic mass is 10.1. The fraction of sp³-hybridized carbons (Fsp3) is 0.727. The predicted octanol–water partition coefficient (Wildman–Crippen LogP) is -0.548. The van der Waals surface area contributed by atoms with Gasteiger partial charge in [-0.1, -0.05) is 0 Å². The van der Waals surface area contributed by atoms with Crippen molar-refractivity contribution in [1.29, 1.82) is 0 Å². The zero-order valence-corrected chi connectivity index (χ0v) is 21.4. The quantitative estimate of drug-likeness (QED) is 0.137. The monoisotopic (exact) mass is 517 g/mol. The van der Waals surface area contributed by atoms with E-state index in [-0.39, 0.29) is 19.4 Å². The highest BCUT2D eigenvalue weighted by atomic mass is 16.6. The van der Waals surface area contributed by atoms with Crippen LogP contribution in [0.3, 0.4) is 0 Å². The SMILES string of the molecule is C[C@H](N)C(=O)N[C@@H](C)C(=O)N[C@@H](CCCCNC(=O)OC(C)(C)C)C(=O)N[C@@H](CCC(=O)O)C(=O)O. The van der Waals surface area contributed by atoms with E-state index in [1.54, 1.807) is 20.8 Å². The van der Waals surface area contributed by atoms with Crippen LogP contribution in [0.5, 0.6) is 0 Å². The molecule has 0 saturated carbocycles. The van der Waals surface area contributed by atoms with E-state index < -0.39 is 71.9 Å². The summed E-state index contributed by atoms with van der Waals surface area (Å²) in [6.07, 6.45) is -0.597. The van der Waals surface area contributed by atoms with Crippen LogP contribution in [0.15, 0.2) is 0 Å². The molecule has 14 heteroatoms. The molecule has 0 bridgehead atoms. The van der Waals surface area contributed by atoms with E-state index in [1.807, 2.05) is 0 Å². The standard InChI is InChI=1S/C22H39N5O9/c1-12(23)17(30)25-13(2)18(31)26-14(8-6-7-11-24-21(35)36-22(3,4)5)19(32)27-15(20(33)34)9-10-16(28)29/h12-15H,6-11,23H2,1-5H3,(H,24,35)(H,25,30)(H,26,31)(H,27,32)(H,28,29)(H,33,34)/t12-,13-,14-,15-/m0/s1. The third-order valence-corrected chi connectivity index (χ3v) is 4.65. The molecule has 0 saturated heterocycles. The number of amides is 4. The van der Waals surface area contributed by atoms with Crippen LogP contribution in [0.4, 0.5) is 4.79 Å². The molecule has 14 nitrogen and oxygen atoms in total. The minimum Gasteiger partial charge on any atom is -0.481 e. The van der Waals surface area contributed by atoms with Crippen molar-refractivity contribution in [3.8, 4) is 0 Å². The first kappa shape index (κ1) is 32.6. The lowest BCUT2D eigenvalue weighted by Gasteiger charge is -2.23. The fourth-order valence-electron chi connectivity index (χ4n) is 2.75. The molecular weight excluding hydrogens is 478 g/mol. The molecule has 0 aliphatic rings. The van der Waals surface area contributed by atoms with Gasteiger partial charge in [0.1, 0.15) is 23.7 Å². The summed E-state index contributed by atoms with van der Waals surface area (Å²) in [6.45, 7) is 8.21. The molecule has 0 radical (unpaired) electrons. The zero-order valence-electron chi connectivity index (χ0n) is 21.4. The van der Waals surface area contributed by atoms with Crippen LogP contribution >= 0.6 is 0 Å². The van der Waals surface area contributed by atoms with Gasteiger partial charge in [0.05, 0.1) is 6.04 Å². The van der Waals surface area contributed by atoms with Gasteiger partial charge in [-0.25, -0.2) is 9.59 Å². The van der Waals surface area contributed by atoms with Gasteiger partial charge in [0, 0.05) is 13.0 Å². The maximum Gasteiger partial charge on any atom is 0.407 e. The average molecular weight is 518 g/mol. The Morgan fingerprint density at radius 2 is 1.42 bits per heavy atom. The number of carbonyl (C=O) groups excluding carboxylic acids is 4. The summed E-state index contributed by atoms with van der Waals surface area (Å²) >= 11 is 0. The third kappa shape index (κ3) is 14.8. The second-order valence-corrected chi connectivity index (χ2v) is 9.34. The topological polar surface area (TPSA) is 226 Å². The van der Waals surface area contributed by atoms with Crippen molar-refractivity contribution < 1.29 is 43.7 Å². The predicted molar refractivity (Wildman–Crippen MR) is 128 cm³/mol. The van der Waals surface area contributed by atoms with Crippen molar-refractivity contribution in [3.05, 3.63) is 0 Å². The lowest BCUT2D eigenvalue weighted by Crippen LogP contribution is -2.56. The Morgan fingerprint density at radius 3 is 1.92 bits per heavy atom. The van der Waals surface area contributed by atoms with E-state index in [4.69, 9.17) is 15.6 Å². The molecular formula is C22H39N5O9. The van der Waals surface area contributed by atoms with Crippen LogP contribution < -0.4 is 27.0 Å². The highest BCUT2D eigenvalue weighted by Crippen LogP contribution is 2.08. The molecule has 0 aliphatic carbocycles. The maximum atomic E-state index is 12.8. The molecule has 0 heterocycles. The van der Waals surface area contributed by atoms with Gasteiger partial charge in [0.2, 0.25) is 17.7 Å². The molecule has 36 heavy (non-hydrogen) atoms. The molecule has 0 spiro atoms. The first-order chi connectivity index (χ1) is 16.5. The number of carboxylic acids is 2. The summed E-state index contributed by atoms with van der Waals surface area (Å²) in [6, 6.07) is -4.55. The Hall–Kier alpha value is -3.42. The molecule has 8 N–H and O–H groups in total. The highest BCUT2D eigenvalue weighted by molar-refractivity contribution is 5.93. The van der Waals surface area contributed by atoms with Gasteiger partial charge >= 0.3 is 18.0 Å². The van der Waals surface area contributed by atoms with E-state index in [0.717, 1.165) is 0 Å². The largest absolute Gasteiger partial charge is 0.481 e. The average Bonchev–Trinajstić information content (AvgIpc) is 2.73. The van der Waals surface area contributed by atoms with Crippen molar-refractivity contribution >= 4 is 35.8 Å². The number of rotatable bonds is 15. The van der Waals surface area contributed by atoms with E-state index in [9.17, 15) is 33.9 Å². The number of nitrogens with two attached hydrogens (primary N) is 1. The summed E-state index contributed by atoms with van der Waals surface area (Å²) in [4.78, 5) is 71.0. The summed E-state index contributed by atoms with van der Waals surface area (Å²) in [7, 11) is 0. The summed E-state index contributed by atoms with van der Waals surface area (Å²) in [5, 5.41) is 27.8. The molecule has 0 fully saturated rings. The number of ether oxygens (including phenoxy) is 1. The van der Waals surface area contributed by atoms with Gasteiger partial charge in [-0.05, 0) is 60.3 Å². The Labute approximate surface area is 210 Å². The smallest absolute Gasteiger partial charge is 0.407 e. The normalized spacial score (nSPS) is 14.4. The molecule has 0 aromatic heterocycles. The molecule has 0 aliphatic heterocycles. The second kappa shape index (κ2) is 15.5. The van der Waals surface area contributed by atoms with Crippen LogP contribution in [0.25, 0.3) is 0 Å². The number of carbonyl (C=O) groups is 6. The van der Waals surface area contributed by atoms with Gasteiger partial charge < -0.3 is 42.0 Å². The zero-order chi connectivity index (χ0) is 28.1. The Morgan fingerprint density at radius 1 is 0.833 bits per heavy atom. The number of hydrogen-bond donors (Lipinski definition) is 7. The minimum absolute atomic E-state index is 0.0762. The van der Waals surface area contributed by atoms with Gasteiger partial charge in [0.25, 0.3) is 0 Å². The second-order valence-electron chi connectivity index (χ2n) is 9.34. The Bertz CT molecular complexity index is 795. The number of hydrogen-bond acceptors (Lipinski definition) is 8. The summed E-state index contributed by atoms with van der Waals surface area (Å²) in [5.41, 5.74) is 4.81. The van der Waals surface area contributed by atoms with Crippen LogP contribution in [0.1, 0.15) is 66.7 Å². The molecule has 4 amide bonds. The first-order valence-electron chi connectivity index (χ1n) is 11.6. The lowest BCUT2D eigenvalue weighted by molar-refractivity contribution is -0.143. The van der Waals surface area contributed by atoms with Crippen molar-refractivity contribution in [2.24, 2.45) is 5.73 Å². The van der Waals surface area contributed by atoms with Gasteiger partial charge in [0.15, 0.2) is 0 Å². The minimum atomic E-state index is -1.47. The molecule has 0 aromatic carbocycles. The van der Waals surface area contributed by atoms with Crippen molar-refractivity contribution in [1.82, 2.24) is 21.3 Å². The number of unbranched alkanes of at least 4 members (excludes halogenated alkanes) is 1. The Kier molecular flexibility index (Phi) is 14.1. The van der Waals surface area contributed by atoms with Crippen molar-refractivity contribution in [3.63, 3.8) is 0 Å². The maximum absolute atomic E-state index is 12.8. The molecule has 0 rings (SSSR count). The molecule has 4 atom stereocenters. The summed E-state index contributed by atoms with van der Waals surface area (Å²) < 4.78 is 5.12. The third-order valence-electron chi connectivity index (χ3n) is 4.65. The van der Waals surface area contributed by atoms with Crippen LogP contribution in [0, 0.1) is 0 Å². The van der Waals surface area contributed by atoms with Crippen molar-refractivity contribution in [2.75, 3.05) is 6.54 Å². The van der Waals surface area contributed by atoms with E-state index in [1.165, 1.54) is 13.8 Å². The first-order valence-corrected chi connectivity index (χ1v) is 11.6. The van der Waals surface area contributed by atoms with Gasteiger partial charge in [-0.2, -0.15) is 0 Å². The number of alkyl carbamates (subject to hydrolysis) is 1. The summed E-state index contributed by atoms with van der Waals surface area (Å²) in [5.74, 6) is -4.75. The van der Waals surface area contributed by atoms with Gasteiger partial charge in [-0.15, -0.1) is 0 Å². The van der Waals surface area contributed by atoms with Crippen LogP contribution in [-0.4, -0.2) is 82.3 Å². The fourth-order valence-corrected chi connectivity index (χ4v) is 2.75. The Balaban J connectivity index is 5.17. The number of aliphatic carboxylic acids is 2. The molecule has 0 aromatic rings. The molecule has 0 unspecified atom stereocenters. The van der Waals surface area contributed by atoms with E-state index >= 15 is 0 Å². The van der Waals surface area contributed by atoms with Crippen LogP contribution in [-0.2, 0) is 28.7 Å². The highest BCUT2D eigenvalue weighted by Gasteiger charge is 2.28. The van der Waals surface area contributed by atoms with E-state index in [0.29, 0.717) is 12.8 Å².